The third kappa shape index (κ3) is 18.1. The topological polar surface area (TPSA) is 28.5 Å². The molecule has 0 aliphatic rings. The molecule has 1 nitrogen and oxygen atoms in total. The van der Waals surface area contributed by atoms with E-state index in [0.717, 1.165) is 0 Å². The second kappa shape index (κ2) is 24.7. The first-order valence-corrected chi connectivity index (χ1v) is 0. The fourth-order valence-corrected chi connectivity index (χ4v) is 0. The molecule has 0 atom stereocenters. The molecule has 0 aromatic carbocycles. The van der Waals surface area contributed by atoms with Crippen molar-refractivity contribution in [2.45, 2.75) is 0 Å². The summed E-state index contributed by atoms with van der Waals surface area (Å²) in [7, 11) is 0. The van der Waals surface area contributed by atoms with Crippen LogP contribution in [0.3, 0.4) is 0 Å². The van der Waals surface area contributed by atoms with Gasteiger partial charge in [-0.05, 0) is 0 Å². The summed E-state index contributed by atoms with van der Waals surface area (Å²) in [5.41, 5.74) is 0. The molecule has 0 bridgehead atoms. The van der Waals surface area contributed by atoms with E-state index in [0.29, 0.717) is 0 Å². The van der Waals surface area contributed by atoms with Crippen molar-refractivity contribution < 1.29 is 39.6 Å². The van der Waals surface area contributed by atoms with Gasteiger partial charge in [-0.25, -0.2) is 0 Å². The average Bonchev–Trinajstić information content (AvgIpc) is 0. The zero-order valence-corrected chi connectivity index (χ0v) is 6.34. The van der Waals surface area contributed by atoms with Gasteiger partial charge in [-0.15, -0.1) is 0 Å². The first-order chi connectivity index (χ1) is 0. The number of rotatable bonds is 0. The largest absolute Gasteiger partial charge is 2.00 e. The average molecular weight is 207 g/mol. The van der Waals surface area contributed by atoms with Gasteiger partial charge in [0.25, 0.3) is 0 Å². The van der Waals surface area contributed by atoms with E-state index < -0.39 is 0 Å². The third-order valence-electron chi connectivity index (χ3n) is 0. The van der Waals surface area contributed by atoms with Crippen LogP contribution in [0, 0.1) is 0 Å². The van der Waals surface area contributed by atoms with Gasteiger partial charge < -0.3 is 5.48 Å². The summed E-state index contributed by atoms with van der Waals surface area (Å²) in [6.45, 7) is 0. The van der Waals surface area contributed by atoms with Crippen LogP contribution in [0.5, 0.6) is 0 Å². The van der Waals surface area contributed by atoms with Crippen LogP contribution in [0.15, 0.2) is 0 Å². The Morgan fingerprint density at radius 1 is 1.00 bits per heavy atom. The molecule has 0 unspecified atom stereocenters. The molecule has 0 aliphatic carbocycles. The molecule has 0 aliphatic heterocycles. The van der Waals surface area contributed by atoms with E-state index in [1.165, 1.54) is 0 Å². The Balaban J connectivity index is 0. The molecule has 1 radical (unpaired) electrons. The van der Waals surface area contributed by atoms with Crippen LogP contribution < -0.4 is 0 Å². The molecule has 0 aromatic rings. The van der Waals surface area contributed by atoms with Gasteiger partial charge >= 0.3 is 89.1 Å². The second-order valence-electron chi connectivity index (χ2n) is 0. The summed E-state index contributed by atoms with van der Waals surface area (Å²) in [5.74, 6) is 0. The van der Waals surface area contributed by atoms with E-state index in [-0.39, 0.29) is 129 Å². The van der Waals surface area contributed by atoms with Crippen molar-refractivity contribution in [2.24, 2.45) is 0 Å². The molecule has 0 saturated heterocycles. The van der Waals surface area contributed by atoms with Gasteiger partial charge in [0.1, 0.15) is 0 Å². The molecule has 0 fully saturated rings. The Morgan fingerprint density at radius 3 is 1.00 bits per heavy atom. The molecule has 0 N–H and O–H groups in total. The van der Waals surface area contributed by atoms with E-state index in [4.69, 9.17) is 0 Å². The molecule has 0 rings (SSSR count). The zero-order chi connectivity index (χ0) is 0. The van der Waals surface area contributed by atoms with Crippen LogP contribution in [0.4, 0.5) is 0 Å². The summed E-state index contributed by atoms with van der Waals surface area (Å²) in [5, 5.41) is 0. The number of hydrogen-bond donors (Lipinski definition) is 0. The van der Waals surface area contributed by atoms with Gasteiger partial charge in [0, 0.05) is 34.1 Å². The molecule has 0 amide bonds. The first-order valence-electron chi connectivity index (χ1n) is 0. The van der Waals surface area contributed by atoms with Crippen molar-refractivity contribution >= 4 is 89.1 Å². The molecule has 0 heterocycles. The molecule has 5 heavy (non-hydrogen) atoms. The molecule has 25 valence electrons. The van der Waals surface area contributed by atoms with Crippen molar-refractivity contribution in [3.63, 3.8) is 0 Å². The fraction of sp³-hybridized carbons (Fsp3) is 0. The maximum atomic E-state index is 0. The van der Waals surface area contributed by atoms with Crippen molar-refractivity contribution in [1.82, 2.24) is 0 Å². The molecule has 0 aromatic heterocycles. The third-order valence-corrected chi connectivity index (χ3v) is 0. The standard InChI is InChI=1S/Ca.Fe.K.Mn.O.H/q+2;;;;-2;. The van der Waals surface area contributed by atoms with Crippen LogP contribution in [0.2, 0.25) is 0 Å². The summed E-state index contributed by atoms with van der Waals surface area (Å²) in [6, 6.07) is 0. The molecule has 0 spiro atoms. The Labute approximate surface area is 125 Å². The minimum atomic E-state index is 0. The minimum Gasteiger partial charge on any atom is -2.00 e. The Bertz CT molecular complexity index is 11.6. The Hall–Kier alpha value is 3.90. The van der Waals surface area contributed by atoms with Crippen molar-refractivity contribution in [3.05, 3.63) is 0 Å². The van der Waals surface area contributed by atoms with Crippen LogP contribution >= 0.6 is 0 Å². The minimum absolute atomic E-state index is 0. The van der Waals surface area contributed by atoms with Crippen LogP contribution in [-0.4, -0.2) is 89.1 Å². The quantitative estimate of drug-likeness (QED) is 0.448. The monoisotopic (exact) mass is 207 g/mol. The zero-order valence-electron chi connectivity index (χ0n) is 1.85. The fourth-order valence-electron chi connectivity index (χ4n) is 0. The van der Waals surface area contributed by atoms with Crippen LogP contribution in [0.1, 0.15) is 0 Å². The summed E-state index contributed by atoms with van der Waals surface area (Å²) < 4.78 is 0. The van der Waals surface area contributed by atoms with Crippen molar-refractivity contribution in [2.75, 3.05) is 0 Å². The normalized spacial score (nSPS) is 0. The maximum absolute atomic E-state index is 0. The SMILES string of the molecule is [Ca+2].[Fe].[KH].[Mn].[O-2]. The predicted octanol–water partition coefficient (Wildman–Crippen LogP) is -1.15. The summed E-state index contributed by atoms with van der Waals surface area (Å²) >= 11 is 0. The molecular formula is HCaFeKMnO. The van der Waals surface area contributed by atoms with Crippen molar-refractivity contribution in [3.8, 4) is 0 Å². The van der Waals surface area contributed by atoms with Gasteiger partial charge in [0.15, 0.2) is 0 Å². The van der Waals surface area contributed by atoms with E-state index in [9.17, 15) is 0 Å². The first kappa shape index (κ1) is 36.5. The van der Waals surface area contributed by atoms with E-state index in [1.54, 1.807) is 0 Å². The Morgan fingerprint density at radius 2 is 1.00 bits per heavy atom. The molecule has 5 heteroatoms. The van der Waals surface area contributed by atoms with Gasteiger partial charge in [0.2, 0.25) is 0 Å². The van der Waals surface area contributed by atoms with E-state index in [1.807, 2.05) is 0 Å². The molecule has 0 saturated carbocycles. The van der Waals surface area contributed by atoms with Gasteiger partial charge in [-0.1, -0.05) is 0 Å². The number of hydrogen-bond acceptors (Lipinski definition) is 0. The summed E-state index contributed by atoms with van der Waals surface area (Å²) in [6.07, 6.45) is 0. The van der Waals surface area contributed by atoms with Gasteiger partial charge in [-0.2, -0.15) is 0 Å². The van der Waals surface area contributed by atoms with Gasteiger partial charge in [0.05, 0.1) is 0 Å². The maximum Gasteiger partial charge on any atom is 0 e. The smallest absolute Gasteiger partial charge is 0 e. The van der Waals surface area contributed by atoms with E-state index >= 15 is 0 Å². The Kier molecular flexibility index (Phi) is 181. The van der Waals surface area contributed by atoms with Crippen molar-refractivity contribution in [1.29, 1.82) is 0 Å². The predicted molar refractivity (Wildman–Crippen MR) is 13.6 cm³/mol. The van der Waals surface area contributed by atoms with E-state index in [2.05, 4.69) is 0 Å². The van der Waals surface area contributed by atoms with Crippen LogP contribution in [0.25, 0.3) is 0 Å². The summed E-state index contributed by atoms with van der Waals surface area (Å²) in [4.78, 5) is 0. The second-order valence-corrected chi connectivity index (χ2v) is 0. The van der Waals surface area contributed by atoms with Gasteiger partial charge in [-0.3, -0.25) is 0 Å². The van der Waals surface area contributed by atoms with Crippen LogP contribution in [-0.2, 0) is 39.6 Å². The molecular weight excluding hydrogens is 206 g/mol.